The SMILES string of the molecule is CC(O)COc1ccc(Br)cc1C=O. The molecule has 4 heteroatoms. The Balaban J connectivity index is 2.80. The minimum Gasteiger partial charge on any atom is -0.490 e. The van der Waals surface area contributed by atoms with Crippen LogP contribution in [0.4, 0.5) is 0 Å². The van der Waals surface area contributed by atoms with Crippen molar-refractivity contribution in [2.75, 3.05) is 6.61 Å². The highest BCUT2D eigenvalue weighted by molar-refractivity contribution is 9.10. The fourth-order valence-corrected chi connectivity index (χ4v) is 1.33. The molecule has 0 spiro atoms. The first-order valence-electron chi connectivity index (χ1n) is 4.19. The van der Waals surface area contributed by atoms with Crippen LogP contribution in [0.5, 0.6) is 5.75 Å². The number of hydrogen-bond acceptors (Lipinski definition) is 3. The lowest BCUT2D eigenvalue weighted by Gasteiger charge is -2.09. The highest BCUT2D eigenvalue weighted by Crippen LogP contribution is 2.21. The van der Waals surface area contributed by atoms with E-state index in [2.05, 4.69) is 15.9 Å². The molecule has 1 aromatic carbocycles. The molecule has 0 aliphatic carbocycles. The first-order valence-corrected chi connectivity index (χ1v) is 4.98. The standard InChI is InChI=1S/C10H11BrO3/c1-7(13)6-14-10-3-2-9(11)4-8(10)5-12/h2-5,7,13H,6H2,1H3. The van der Waals surface area contributed by atoms with E-state index in [4.69, 9.17) is 9.84 Å². The van der Waals surface area contributed by atoms with E-state index in [-0.39, 0.29) is 6.61 Å². The van der Waals surface area contributed by atoms with Crippen molar-refractivity contribution in [3.8, 4) is 5.75 Å². The van der Waals surface area contributed by atoms with Gasteiger partial charge in [-0.3, -0.25) is 4.79 Å². The van der Waals surface area contributed by atoms with Crippen LogP contribution in [0.3, 0.4) is 0 Å². The van der Waals surface area contributed by atoms with Crippen molar-refractivity contribution in [1.82, 2.24) is 0 Å². The summed E-state index contributed by atoms with van der Waals surface area (Å²) in [5, 5.41) is 9.01. The second-order valence-electron chi connectivity index (χ2n) is 2.96. The number of hydrogen-bond donors (Lipinski definition) is 1. The first-order chi connectivity index (χ1) is 6.63. The molecule has 3 nitrogen and oxygen atoms in total. The van der Waals surface area contributed by atoms with Crippen molar-refractivity contribution in [3.05, 3.63) is 28.2 Å². The highest BCUT2D eigenvalue weighted by Gasteiger charge is 2.04. The van der Waals surface area contributed by atoms with Crippen LogP contribution in [0.2, 0.25) is 0 Å². The molecule has 1 N–H and O–H groups in total. The molecule has 0 saturated carbocycles. The highest BCUT2D eigenvalue weighted by atomic mass is 79.9. The maximum Gasteiger partial charge on any atom is 0.153 e. The zero-order valence-electron chi connectivity index (χ0n) is 7.74. The molecule has 0 aromatic heterocycles. The van der Waals surface area contributed by atoms with Crippen LogP contribution in [-0.4, -0.2) is 24.1 Å². The summed E-state index contributed by atoms with van der Waals surface area (Å²) >= 11 is 3.25. The fourth-order valence-electron chi connectivity index (χ4n) is 0.953. The maximum atomic E-state index is 10.7. The zero-order valence-corrected chi connectivity index (χ0v) is 9.32. The van der Waals surface area contributed by atoms with Crippen LogP contribution in [0.25, 0.3) is 0 Å². The van der Waals surface area contributed by atoms with E-state index in [9.17, 15) is 4.79 Å². The molecular formula is C10H11BrO3. The predicted octanol–water partition coefficient (Wildman–Crippen LogP) is 2.02. The molecule has 1 unspecified atom stereocenters. The molecule has 14 heavy (non-hydrogen) atoms. The van der Waals surface area contributed by atoms with Crippen LogP contribution < -0.4 is 4.74 Å². The van der Waals surface area contributed by atoms with E-state index < -0.39 is 6.10 Å². The molecule has 1 aromatic rings. The third-order valence-corrected chi connectivity index (χ3v) is 2.07. The Bertz CT molecular complexity index is 323. The van der Waals surface area contributed by atoms with Gasteiger partial charge in [-0.2, -0.15) is 0 Å². The van der Waals surface area contributed by atoms with Gasteiger partial charge in [-0.25, -0.2) is 0 Å². The van der Waals surface area contributed by atoms with Crippen molar-refractivity contribution in [3.63, 3.8) is 0 Å². The Morgan fingerprint density at radius 3 is 2.93 bits per heavy atom. The topological polar surface area (TPSA) is 46.5 Å². The van der Waals surface area contributed by atoms with Crippen molar-refractivity contribution in [1.29, 1.82) is 0 Å². The van der Waals surface area contributed by atoms with E-state index in [1.165, 1.54) is 0 Å². The van der Waals surface area contributed by atoms with Gasteiger partial charge in [0.2, 0.25) is 0 Å². The number of benzene rings is 1. The molecular weight excluding hydrogens is 248 g/mol. The van der Waals surface area contributed by atoms with Crippen molar-refractivity contribution in [2.24, 2.45) is 0 Å². The normalized spacial score (nSPS) is 12.2. The Hall–Kier alpha value is -0.870. The molecule has 76 valence electrons. The number of aliphatic hydroxyl groups excluding tert-OH is 1. The molecule has 0 aliphatic heterocycles. The van der Waals surface area contributed by atoms with Crippen molar-refractivity contribution in [2.45, 2.75) is 13.0 Å². The Morgan fingerprint density at radius 2 is 2.36 bits per heavy atom. The average Bonchev–Trinajstić information content (AvgIpc) is 2.15. The summed E-state index contributed by atoms with van der Waals surface area (Å²) in [6.07, 6.45) is 0.181. The van der Waals surface area contributed by atoms with Crippen LogP contribution in [0.15, 0.2) is 22.7 Å². The smallest absolute Gasteiger partial charge is 0.153 e. The summed E-state index contributed by atoms with van der Waals surface area (Å²) < 4.78 is 6.07. The van der Waals surface area contributed by atoms with E-state index in [1.54, 1.807) is 25.1 Å². The lowest BCUT2D eigenvalue weighted by atomic mass is 10.2. The summed E-state index contributed by atoms with van der Waals surface area (Å²) in [6, 6.07) is 5.14. The summed E-state index contributed by atoms with van der Waals surface area (Å²) in [5.41, 5.74) is 0.472. The second kappa shape index (κ2) is 5.12. The molecule has 0 fully saturated rings. The van der Waals surface area contributed by atoms with Gasteiger partial charge >= 0.3 is 0 Å². The van der Waals surface area contributed by atoms with Gasteiger partial charge in [0, 0.05) is 4.47 Å². The van der Waals surface area contributed by atoms with Gasteiger partial charge in [0.25, 0.3) is 0 Å². The van der Waals surface area contributed by atoms with E-state index in [0.29, 0.717) is 11.3 Å². The number of carbonyl (C=O) groups excluding carboxylic acids is 1. The van der Waals surface area contributed by atoms with Crippen LogP contribution >= 0.6 is 15.9 Å². The molecule has 0 radical (unpaired) electrons. The van der Waals surface area contributed by atoms with Crippen LogP contribution in [0, 0.1) is 0 Å². The van der Waals surface area contributed by atoms with Crippen molar-refractivity contribution < 1.29 is 14.6 Å². The molecule has 0 saturated heterocycles. The third kappa shape index (κ3) is 3.12. The largest absolute Gasteiger partial charge is 0.490 e. The van der Waals surface area contributed by atoms with Gasteiger partial charge < -0.3 is 9.84 Å². The zero-order chi connectivity index (χ0) is 10.6. The fraction of sp³-hybridized carbons (Fsp3) is 0.300. The number of aldehydes is 1. The monoisotopic (exact) mass is 258 g/mol. The van der Waals surface area contributed by atoms with Gasteiger partial charge in [-0.15, -0.1) is 0 Å². The van der Waals surface area contributed by atoms with Gasteiger partial charge in [-0.1, -0.05) is 15.9 Å². The lowest BCUT2D eigenvalue weighted by Crippen LogP contribution is -2.13. The number of halogens is 1. The maximum absolute atomic E-state index is 10.7. The van der Waals surface area contributed by atoms with Crippen LogP contribution in [0.1, 0.15) is 17.3 Å². The van der Waals surface area contributed by atoms with E-state index in [0.717, 1.165) is 10.8 Å². The molecule has 0 bridgehead atoms. The number of rotatable bonds is 4. The molecule has 1 rings (SSSR count). The van der Waals surface area contributed by atoms with Gasteiger partial charge in [0.05, 0.1) is 11.7 Å². The molecule has 0 heterocycles. The molecule has 1 atom stereocenters. The minimum absolute atomic E-state index is 0.183. The Labute approximate surface area is 90.8 Å². The van der Waals surface area contributed by atoms with Crippen LogP contribution in [-0.2, 0) is 0 Å². The summed E-state index contributed by atoms with van der Waals surface area (Å²) in [5.74, 6) is 0.490. The van der Waals surface area contributed by atoms with Gasteiger partial charge in [-0.05, 0) is 25.1 Å². The number of carbonyl (C=O) groups is 1. The Morgan fingerprint density at radius 1 is 1.64 bits per heavy atom. The average molecular weight is 259 g/mol. The molecule has 0 aliphatic rings. The minimum atomic E-state index is -0.543. The summed E-state index contributed by atoms with van der Waals surface area (Å²) in [4.78, 5) is 10.7. The Kier molecular flexibility index (Phi) is 4.10. The first kappa shape index (κ1) is 11.2. The van der Waals surface area contributed by atoms with Gasteiger partial charge in [0.1, 0.15) is 12.4 Å². The predicted molar refractivity (Wildman–Crippen MR) is 56.7 cm³/mol. The number of aliphatic hydroxyl groups is 1. The number of ether oxygens (including phenoxy) is 1. The summed E-state index contributed by atoms with van der Waals surface area (Å²) in [6.45, 7) is 1.81. The lowest BCUT2D eigenvalue weighted by molar-refractivity contribution is 0.109. The quantitative estimate of drug-likeness (QED) is 0.841. The summed E-state index contributed by atoms with van der Waals surface area (Å²) in [7, 11) is 0. The van der Waals surface area contributed by atoms with Gasteiger partial charge in [0.15, 0.2) is 6.29 Å². The molecule has 0 amide bonds. The van der Waals surface area contributed by atoms with E-state index >= 15 is 0 Å². The third-order valence-electron chi connectivity index (χ3n) is 1.58. The second-order valence-corrected chi connectivity index (χ2v) is 3.88. The van der Waals surface area contributed by atoms with E-state index in [1.807, 2.05) is 0 Å². The van der Waals surface area contributed by atoms with Crippen molar-refractivity contribution >= 4 is 22.2 Å².